The van der Waals surface area contributed by atoms with Crippen LogP contribution in [0.3, 0.4) is 0 Å². The first-order valence-corrected chi connectivity index (χ1v) is 6.95. The molecule has 1 aliphatic heterocycles. The molecule has 1 aliphatic rings. The number of carbonyl (C=O) groups excluding carboxylic acids is 1. The highest BCUT2D eigenvalue weighted by Crippen LogP contribution is 2.28. The molecule has 1 fully saturated rings. The van der Waals surface area contributed by atoms with Crippen LogP contribution in [-0.4, -0.2) is 75.4 Å². The van der Waals surface area contributed by atoms with E-state index in [2.05, 4.69) is 42.2 Å². The van der Waals surface area contributed by atoms with Crippen molar-refractivity contribution in [1.82, 2.24) is 0 Å². The molecule has 0 N–H and O–H groups in total. The average Bonchev–Trinajstić information content (AvgIpc) is 2.19. The van der Waals surface area contributed by atoms with Crippen LogP contribution < -0.4 is 0 Å². The molecule has 0 aliphatic carbocycles. The van der Waals surface area contributed by atoms with E-state index in [0.717, 1.165) is 28.4 Å². The standard InChI is InChI=1S/C14H30N2O2/c1-12-8-7-9-13(16(12,5)6)14(17)18-11-10-15(2,3)4/h12-13H,7-11H2,1-6H3/q+2/t12-,13+/m1/s1. The third kappa shape index (κ3) is 3.95. The minimum Gasteiger partial charge on any atom is -0.455 e. The fourth-order valence-corrected chi connectivity index (χ4v) is 2.49. The third-order valence-corrected chi connectivity index (χ3v) is 4.32. The number of quaternary nitrogens is 2. The number of likely N-dealkylation sites (tertiary alicyclic amines) is 1. The summed E-state index contributed by atoms with van der Waals surface area (Å²) in [5, 5.41) is 0. The number of nitrogens with zero attached hydrogens (tertiary/aromatic N) is 2. The minimum atomic E-state index is -0.0139. The molecule has 0 bridgehead atoms. The van der Waals surface area contributed by atoms with E-state index in [0.29, 0.717) is 12.6 Å². The summed E-state index contributed by atoms with van der Waals surface area (Å²) in [5.41, 5.74) is 0. The van der Waals surface area contributed by atoms with Gasteiger partial charge in [-0.25, -0.2) is 4.79 Å². The molecule has 0 aromatic carbocycles. The number of piperidine rings is 1. The number of hydrogen-bond donors (Lipinski definition) is 0. The van der Waals surface area contributed by atoms with Gasteiger partial charge in [0.2, 0.25) is 0 Å². The van der Waals surface area contributed by atoms with Gasteiger partial charge in [0.15, 0.2) is 6.04 Å². The maximum absolute atomic E-state index is 12.2. The molecule has 0 radical (unpaired) electrons. The van der Waals surface area contributed by atoms with Crippen molar-refractivity contribution in [3.05, 3.63) is 0 Å². The summed E-state index contributed by atoms with van der Waals surface area (Å²) in [4.78, 5) is 12.2. The molecular formula is C14H30N2O2+2. The quantitative estimate of drug-likeness (QED) is 0.560. The van der Waals surface area contributed by atoms with Crippen molar-refractivity contribution in [2.45, 2.75) is 38.3 Å². The highest BCUT2D eigenvalue weighted by molar-refractivity contribution is 5.74. The summed E-state index contributed by atoms with van der Waals surface area (Å²) in [5.74, 6) is -0.0139. The van der Waals surface area contributed by atoms with Crippen molar-refractivity contribution in [3.63, 3.8) is 0 Å². The molecule has 0 saturated carbocycles. The van der Waals surface area contributed by atoms with Gasteiger partial charge in [-0.3, -0.25) is 0 Å². The summed E-state index contributed by atoms with van der Waals surface area (Å²) >= 11 is 0. The van der Waals surface area contributed by atoms with Crippen LogP contribution in [0, 0.1) is 0 Å². The average molecular weight is 258 g/mol. The van der Waals surface area contributed by atoms with E-state index in [1.54, 1.807) is 0 Å². The van der Waals surface area contributed by atoms with E-state index >= 15 is 0 Å². The van der Waals surface area contributed by atoms with Gasteiger partial charge in [-0.2, -0.15) is 0 Å². The molecule has 18 heavy (non-hydrogen) atoms. The summed E-state index contributed by atoms with van der Waals surface area (Å²) < 4.78 is 7.06. The Bertz CT molecular complexity index is 295. The first-order valence-electron chi connectivity index (χ1n) is 6.95. The Morgan fingerprint density at radius 2 is 1.89 bits per heavy atom. The van der Waals surface area contributed by atoms with E-state index in [4.69, 9.17) is 4.74 Å². The molecule has 2 atom stereocenters. The van der Waals surface area contributed by atoms with Gasteiger partial charge < -0.3 is 13.7 Å². The second kappa shape index (κ2) is 5.57. The van der Waals surface area contributed by atoms with E-state index < -0.39 is 0 Å². The van der Waals surface area contributed by atoms with Crippen molar-refractivity contribution in [1.29, 1.82) is 0 Å². The number of carbonyl (C=O) groups is 1. The van der Waals surface area contributed by atoms with Crippen LogP contribution in [0.4, 0.5) is 0 Å². The first kappa shape index (κ1) is 15.4. The van der Waals surface area contributed by atoms with Crippen LogP contribution >= 0.6 is 0 Å². The zero-order chi connectivity index (χ0) is 14.0. The smallest absolute Gasteiger partial charge is 0.365 e. The fraction of sp³-hybridized carbons (Fsp3) is 0.929. The molecule has 0 unspecified atom stereocenters. The Balaban J connectivity index is 2.50. The summed E-state index contributed by atoms with van der Waals surface area (Å²) in [7, 11) is 10.6. The predicted molar refractivity (Wildman–Crippen MR) is 73.1 cm³/mol. The number of likely N-dealkylation sites (N-methyl/N-ethyl adjacent to an activating group) is 2. The van der Waals surface area contributed by atoms with E-state index in [9.17, 15) is 4.79 Å². The number of esters is 1. The summed E-state index contributed by atoms with van der Waals surface area (Å²) in [6, 6.07) is 0.552. The third-order valence-electron chi connectivity index (χ3n) is 4.32. The number of hydrogen-bond acceptors (Lipinski definition) is 2. The van der Waals surface area contributed by atoms with Crippen molar-refractivity contribution >= 4 is 5.97 Å². The molecule has 4 nitrogen and oxygen atoms in total. The molecule has 1 rings (SSSR count). The second-order valence-electron chi connectivity index (χ2n) is 7.11. The minimum absolute atomic E-state index is 0.0139. The molecule has 1 saturated heterocycles. The van der Waals surface area contributed by atoms with Crippen LogP contribution in [0.15, 0.2) is 0 Å². The Kier molecular flexibility index (Phi) is 4.78. The Morgan fingerprint density at radius 3 is 2.44 bits per heavy atom. The van der Waals surface area contributed by atoms with Crippen LogP contribution in [0.1, 0.15) is 26.2 Å². The van der Waals surface area contributed by atoms with Crippen molar-refractivity contribution in [3.8, 4) is 0 Å². The molecular weight excluding hydrogens is 228 g/mol. The maximum Gasteiger partial charge on any atom is 0.365 e. The van der Waals surface area contributed by atoms with Crippen LogP contribution in [0.2, 0.25) is 0 Å². The molecule has 0 amide bonds. The highest BCUT2D eigenvalue weighted by Gasteiger charge is 2.42. The summed E-state index contributed by atoms with van der Waals surface area (Å²) in [6.45, 7) is 3.61. The van der Waals surface area contributed by atoms with Gasteiger partial charge in [0, 0.05) is 6.42 Å². The lowest BCUT2D eigenvalue weighted by molar-refractivity contribution is -0.934. The molecule has 1 heterocycles. The largest absolute Gasteiger partial charge is 0.455 e. The molecule has 106 valence electrons. The van der Waals surface area contributed by atoms with Gasteiger partial charge >= 0.3 is 5.97 Å². The zero-order valence-electron chi connectivity index (χ0n) is 12.9. The maximum atomic E-state index is 12.2. The van der Waals surface area contributed by atoms with Gasteiger partial charge in [-0.15, -0.1) is 0 Å². The molecule has 0 aromatic rings. The van der Waals surface area contributed by atoms with Crippen LogP contribution in [-0.2, 0) is 9.53 Å². The SMILES string of the molecule is C[C@@H]1CCC[C@@H](C(=O)OCC[N+](C)(C)C)[N+]1(C)C. The van der Waals surface area contributed by atoms with Gasteiger partial charge in [-0.05, 0) is 19.8 Å². The van der Waals surface area contributed by atoms with Crippen molar-refractivity contribution < 1.29 is 18.5 Å². The normalized spacial score (nSPS) is 27.9. The van der Waals surface area contributed by atoms with E-state index in [-0.39, 0.29) is 12.0 Å². The Morgan fingerprint density at radius 1 is 1.28 bits per heavy atom. The zero-order valence-corrected chi connectivity index (χ0v) is 12.9. The lowest BCUT2D eigenvalue weighted by Gasteiger charge is -2.44. The fourth-order valence-electron chi connectivity index (χ4n) is 2.49. The van der Waals surface area contributed by atoms with Gasteiger partial charge in [0.05, 0.1) is 41.3 Å². The molecule has 0 aromatic heterocycles. The highest BCUT2D eigenvalue weighted by atomic mass is 16.5. The topological polar surface area (TPSA) is 26.3 Å². The molecule has 4 heteroatoms. The van der Waals surface area contributed by atoms with Gasteiger partial charge in [0.25, 0.3) is 0 Å². The lowest BCUT2D eigenvalue weighted by Crippen LogP contribution is -2.60. The van der Waals surface area contributed by atoms with Gasteiger partial charge in [0.1, 0.15) is 13.2 Å². The van der Waals surface area contributed by atoms with Crippen molar-refractivity contribution in [2.75, 3.05) is 48.4 Å². The van der Waals surface area contributed by atoms with E-state index in [1.165, 1.54) is 6.42 Å². The van der Waals surface area contributed by atoms with Crippen molar-refractivity contribution in [2.24, 2.45) is 0 Å². The Labute approximate surface area is 112 Å². The van der Waals surface area contributed by atoms with E-state index in [1.807, 2.05) is 0 Å². The predicted octanol–water partition coefficient (Wildman–Crippen LogP) is 1.25. The second-order valence-corrected chi connectivity index (χ2v) is 7.11. The first-order chi connectivity index (χ1) is 8.14. The number of rotatable bonds is 4. The molecule has 0 spiro atoms. The number of ether oxygens (including phenoxy) is 1. The summed E-state index contributed by atoms with van der Waals surface area (Å²) in [6.07, 6.45) is 3.30. The van der Waals surface area contributed by atoms with Crippen LogP contribution in [0.5, 0.6) is 0 Å². The lowest BCUT2D eigenvalue weighted by atomic mass is 9.94. The van der Waals surface area contributed by atoms with Gasteiger partial charge in [-0.1, -0.05) is 0 Å². The monoisotopic (exact) mass is 258 g/mol. The van der Waals surface area contributed by atoms with Crippen LogP contribution in [0.25, 0.3) is 0 Å². The Hall–Kier alpha value is -0.610.